The number of aryl methyl sites for hydroxylation is 3. The number of hydrogen-bond acceptors (Lipinski definition) is 0. The molecule has 0 bridgehead atoms. The SMILES string of the molecule is Cc1ccc(-[n+]2c(C)cc(-c3ccccc3)cc2C)cc1. The predicted molar refractivity (Wildman–Crippen MR) is 87.6 cm³/mol. The number of rotatable bonds is 2. The van der Waals surface area contributed by atoms with E-state index in [1.807, 2.05) is 0 Å². The van der Waals surface area contributed by atoms with Crippen molar-refractivity contribution in [2.45, 2.75) is 20.8 Å². The van der Waals surface area contributed by atoms with Gasteiger partial charge < -0.3 is 0 Å². The molecule has 1 aromatic heterocycles. The fraction of sp³-hybridized carbons (Fsp3) is 0.150. The normalized spacial score (nSPS) is 10.6. The van der Waals surface area contributed by atoms with Gasteiger partial charge in [-0.05, 0) is 18.1 Å². The third-order valence-corrected chi connectivity index (χ3v) is 3.83. The zero-order valence-electron chi connectivity index (χ0n) is 12.8. The molecule has 0 N–H and O–H groups in total. The molecule has 0 radical (unpaired) electrons. The van der Waals surface area contributed by atoms with E-state index in [2.05, 4.69) is 92.1 Å². The summed E-state index contributed by atoms with van der Waals surface area (Å²) in [5.41, 5.74) is 7.54. The van der Waals surface area contributed by atoms with Gasteiger partial charge in [0.1, 0.15) is 0 Å². The molecular weight excluding hydrogens is 254 g/mol. The van der Waals surface area contributed by atoms with E-state index in [0.29, 0.717) is 0 Å². The molecule has 0 aliphatic carbocycles. The Morgan fingerprint density at radius 2 is 1.19 bits per heavy atom. The summed E-state index contributed by atoms with van der Waals surface area (Å²) >= 11 is 0. The summed E-state index contributed by atoms with van der Waals surface area (Å²) in [7, 11) is 0. The summed E-state index contributed by atoms with van der Waals surface area (Å²) in [6.45, 7) is 6.45. The molecule has 104 valence electrons. The molecule has 0 amide bonds. The van der Waals surface area contributed by atoms with Crippen LogP contribution in [0.5, 0.6) is 0 Å². The minimum atomic E-state index is 1.22. The molecule has 1 heteroatoms. The Morgan fingerprint density at radius 1 is 0.619 bits per heavy atom. The van der Waals surface area contributed by atoms with Crippen LogP contribution in [0, 0.1) is 20.8 Å². The molecular formula is C20H20N+. The van der Waals surface area contributed by atoms with Gasteiger partial charge in [-0.25, -0.2) is 0 Å². The molecule has 0 aliphatic heterocycles. The van der Waals surface area contributed by atoms with Crippen LogP contribution < -0.4 is 4.57 Å². The molecule has 0 spiro atoms. The lowest BCUT2D eigenvalue weighted by Crippen LogP contribution is -2.37. The molecule has 1 nitrogen and oxygen atoms in total. The summed E-state index contributed by atoms with van der Waals surface area (Å²) in [6.07, 6.45) is 0. The van der Waals surface area contributed by atoms with Crippen molar-refractivity contribution in [1.82, 2.24) is 0 Å². The van der Waals surface area contributed by atoms with Crippen LogP contribution in [-0.4, -0.2) is 0 Å². The van der Waals surface area contributed by atoms with Crippen molar-refractivity contribution in [3.63, 3.8) is 0 Å². The van der Waals surface area contributed by atoms with Gasteiger partial charge in [0.15, 0.2) is 11.4 Å². The summed E-state index contributed by atoms with van der Waals surface area (Å²) in [6, 6.07) is 23.7. The van der Waals surface area contributed by atoms with Crippen LogP contribution in [0.15, 0.2) is 66.7 Å². The summed E-state index contributed by atoms with van der Waals surface area (Å²) in [4.78, 5) is 0. The van der Waals surface area contributed by atoms with Crippen LogP contribution in [-0.2, 0) is 0 Å². The van der Waals surface area contributed by atoms with Gasteiger partial charge in [-0.15, -0.1) is 0 Å². The Hall–Kier alpha value is -2.41. The first-order valence-corrected chi connectivity index (χ1v) is 7.31. The monoisotopic (exact) mass is 274 g/mol. The van der Waals surface area contributed by atoms with Gasteiger partial charge >= 0.3 is 0 Å². The number of benzene rings is 2. The quantitative estimate of drug-likeness (QED) is 0.603. The van der Waals surface area contributed by atoms with Gasteiger partial charge in [0, 0.05) is 38.1 Å². The smallest absolute Gasteiger partial charge is 0.162 e. The van der Waals surface area contributed by atoms with Gasteiger partial charge in [-0.1, -0.05) is 48.0 Å². The maximum Gasteiger partial charge on any atom is 0.211 e. The largest absolute Gasteiger partial charge is 0.211 e. The molecule has 0 saturated heterocycles. The minimum absolute atomic E-state index is 1.22. The molecule has 0 unspecified atom stereocenters. The minimum Gasteiger partial charge on any atom is -0.162 e. The summed E-state index contributed by atoms with van der Waals surface area (Å²) in [5.74, 6) is 0. The number of aromatic nitrogens is 1. The standard InChI is InChI=1S/C20H20N/c1-15-9-11-20(12-10-15)21-16(2)13-19(14-17(21)3)18-7-5-4-6-8-18/h4-14H,1-3H3/q+1. The average Bonchev–Trinajstić information content (AvgIpc) is 2.49. The van der Waals surface area contributed by atoms with Crippen LogP contribution >= 0.6 is 0 Å². The molecule has 0 aliphatic rings. The Kier molecular flexibility index (Phi) is 3.57. The highest BCUT2D eigenvalue weighted by atomic mass is 15.0. The van der Waals surface area contributed by atoms with Crippen molar-refractivity contribution in [1.29, 1.82) is 0 Å². The van der Waals surface area contributed by atoms with Crippen molar-refractivity contribution in [3.05, 3.63) is 83.7 Å². The number of pyridine rings is 1. The lowest BCUT2D eigenvalue weighted by atomic mass is 10.0. The summed E-state index contributed by atoms with van der Waals surface area (Å²) in [5, 5.41) is 0. The zero-order chi connectivity index (χ0) is 14.8. The molecule has 3 rings (SSSR count). The first-order valence-electron chi connectivity index (χ1n) is 7.31. The first-order chi connectivity index (χ1) is 10.1. The highest BCUT2D eigenvalue weighted by Gasteiger charge is 2.16. The van der Waals surface area contributed by atoms with Crippen LogP contribution in [0.2, 0.25) is 0 Å². The topological polar surface area (TPSA) is 3.88 Å². The van der Waals surface area contributed by atoms with E-state index < -0.39 is 0 Å². The van der Waals surface area contributed by atoms with Gasteiger partial charge in [-0.3, -0.25) is 0 Å². The van der Waals surface area contributed by atoms with Crippen LogP contribution in [0.4, 0.5) is 0 Å². The Labute approximate surface area is 126 Å². The molecule has 2 aromatic carbocycles. The molecule has 0 atom stereocenters. The second-order valence-electron chi connectivity index (χ2n) is 5.56. The lowest BCUT2D eigenvalue weighted by molar-refractivity contribution is -0.609. The third-order valence-electron chi connectivity index (χ3n) is 3.83. The van der Waals surface area contributed by atoms with Crippen molar-refractivity contribution >= 4 is 0 Å². The number of nitrogens with zero attached hydrogens (tertiary/aromatic N) is 1. The molecule has 0 saturated carbocycles. The Balaban J connectivity index is 2.11. The fourth-order valence-electron chi connectivity index (χ4n) is 2.80. The highest BCUT2D eigenvalue weighted by molar-refractivity contribution is 5.63. The molecule has 0 fully saturated rings. The van der Waals surface area contributed by atoms with Crippen LogP contribution in [0.1, 0.15) is 17.0 Å². The third kappa shape index (κ3) is 2.73. The molecule has 21 heavy (non-hydrogen) atoms. The van der Waals surface area contributed by atoms with E-state index in [1.165, 1.54) is 33.8 Å². The highest BCUT2D eigenvalue weighted by Crippen LogP contribution is 2.20. The lowest BCUT2D eigenvalue weighted by Gasteiger charge is -2.07. The second kappa shape index (κ2) is 5.53. The number of hydrogen-bond donors (Lipinski definition) is 0. The first kappa shape index (κ1) is 13.6. The maximum atomic E-state index is 2.30. The predicted octanol–water partition coefficient (Wildman–Crippen LogP) is 4.56. The Morgan fingerprint density at radius 3 is 1.76 bits per heavy atom. The van der Waals surface area contributed by atoms with Crippen molar-refractivity contribution in [2.24, 2.45) is 0 Å². The molecule has 3 aromatic rings. The van der Waals surface area contributed by atoms with Crippen molar-refractivity contribution in [2.75, 3.05) is 0 Å². The van der Waals surface area contributed by atoms with Gasteiger partial charge in [0.25, 0.3) is 0 Å². The molecule has 1 heterocycles. The Bertz CT molecular complexity index is 733. The van der Waals surface area contributed by atoms with E-state index in [9.17, 15) is 0 Å². The zero-order valence-corrected chi connectivity index (χ0v) is 12.8. The van der Waals surface area contributed by atoms with E-state index in [0.717, 1.165) is 0 Å². The van der Waals surface area contributed by atoms with Crippen molar-refractivity contribution < 1.29 is 4.57 Å². The van der Waals surface area contributed by atoms with E-state index in [4.69, 9.17) is 0 Å². The van der Waals surface area contributed by atoms with E-state index in [-0.39, 0.29) is 0 Å². The van der Waals surface area contributed by atoms with Gasteiger partial charge in [0.05, 0.1) is 0 Å². The van der Waals surface area contributed by atoms with Crippen LogP contribution in [0.25, 0.3) is 16.8 Å². The van der Waals surface area contributed by atoms with Crippen LogP contribution in [0.3, 0.4) is 0 Å². The summed E-state index contributed by atoms with van der Waals surface area (Å²) < 4.78 is 2.30. The average molecular weight is 274 g/mol. The van der Waals surface area contributed by atoms with E-state index >= 15 is 0 Å². The van der Waals surface area contributed by atoms with Gasteiger partial charge in [0.2, 0.25) is 5.69 Å². The van der Waals surface area contributed by atoms with Gasteiger partial charge in [-0.2, -0.15) is 4.57 Å². The van der Waals surface area contributed by atoms with Crippen molar-refractivity contribution in [3.8, 4) is 16.8 Å². The van der Waals surface area contributed by atoms with E-state index in [1.54, 1.807) is 0 Å². The maximum absolute atomic E-state index is 2.30. The fourth-order valence-corrected chi connectivity index (χ4v) is 2.80. The second-order valence-corrected chi connectivity index (χ2v) is 5.56.